The Balaban J connectivity index is 4.71. The molecule has 0 aromatic heterocycles. The SMILES string of the molecule is C=CC(=O)NCCNC(=O)C(C(=O)OC(C)(C)C)C(C)(C)C. The molecule has 0 rings (SSSR count). The number of rotatable bonds is 6. The molecule has 0 saturated carbocycles. The first kappa shape index (κ1) is 20.1. The lowest BCUT2D eigenvalue weighted by molar-refractivity contribution is -0.166. The van der Waals surface area contributed by atoms with Crippen LogP contribution in [0.5, 0.6) is 0 Å². The minimum absolute atomic E-state index is 0.230. The predicted octanol–water partition coefficient (Wildman–Crippen LogP) is 1.41. The number of nitrogens with one attached hydrogen (secondary N) is 2. The average molecular weight is 312 g/mol. The number of carbonyl (C=O) groups is 3. The van der Waals surface area contributed by atoms with Crippen molar-refractivity contribution >= 4 is 17.8 Å². The second-order valence-electron chi connectivity index (χ2n) is 7.12. The van der Waals surface area contributed by atoms with Gasteiger partial charge in [0.05, 0.1) is 0 Å². The Morgan fingerprint density at radius 2 is 1.55 bits per heavy atom. The molecule has 0 aromatic rings. The molecule has 0 aliphatic carbocycles. The minimum Gasteiger partial charge on any atom is -0.459 e. The Bertz CT molecular complexity index is 430. The quantitative estimate of drug-likeness (QED) is 0.336. The van der Waals surface area contributed by atoms with Crippen molar-refractivity contribution in [3.63, 3.8) is 0 Å². The van der Waals surface area contributed by atoms with Crippen molar-refractivity contribution in [2.24, 2.45) is 11.3 Å². The van der Waals surface area contributed by atoms with Crippen molar-refractivity contribution in [3.05, 3.63) is 12.7 Å². The van der Waals surface area contributed by atoms with Gasteiger partial charge in [-0.25, -0.2) is 0 Å². The lowest BCUT2D eigenvalue weighted by atomic mass is 9.80. The van der Waals surface area contributed by atoms with Crippen LogP contribution in [0.3, 0.4) is 0 Å². The highest BCUT2D eigenvalue weighted by molar-refractivity contribution is 5.98. The van der Waals surface area contributed by atoms with E-state index < -0.39 is 28.8 Å². The highest BCUT2D eigenvalue weighted by atomic mass is 16.6. The summed E-state index contributed by atoms with van der Waals surface area (Å²) in [4.78, 5) is 35.6. The fraction of sp³-hybridized carbons (Fsp3) is 0.688. The second kappa shape index (κ2) is 7.96. The van der Waals surface area contributed by atoms with Gasteiger partial charge in [0, 0.05) is 13.1 Å². The Labute approximate surface area is 132 Å². The lowest BCUT2D eigenvalue weighted by Gasteiger charge is -2.30. The molecule has 0 fully saturated rings. The Morgan fingerprint density at radius 1 is 1.05 bits per heavy atom. The summed E-state index contributed by atoms with van der Waals surface area (Å²) in [6, 6.07) is 0. The van der Waals surface area contributed by atoms with Crippen LogP contribution >= 0.6 is 0 Å². The van der Waals surface area contributed by atoms with Gasteiger partial charge >= 0.3 is 5.97 Å². The molecule has 0 saturated heterocycles. The van der Waals surface area contributed by atoms with Crippen LogP contribution < -0.4 is 10.6 Å². The average Bonchev–Trinajstić information content (AvgIpc) is 2.30. The third-order valence-corrected chi connectivity index (χ3v) is 2.68. The van der Waals surface area contributed by atoms with Crippen LogP contribution in [0.1, 0.15) is 41.5 Å². The molecule has 0 aliphatic heterocycles. The van der Waals surface area contributed by atoms with E-state index in [0.717, 1.165) is 6.08 Å². The molecule has 0 heterocycles. The topological polar surface area (TPSA) is 84.5 Å². The number of carbonyl (C=O) groups excluding carboxylic acids is 3. The molecule has 2 N–H and O–H groups in total. The van der Waals surface area contributed by atoms with Crippen LogP contribution in [0, 0.1) is 11.3 Å². The maximum atomic E-state index is 12.3. The summed E-state index contributed by atoms with van der Waals surface area (Å²) in [5, 5.41) is 5.19. The smallest absolute Gasteiger partial charge is 0.319 e. The number of hydrogen-bond acceptors (Lipinski definition) is 4. The zero-order chi connectivity index (χ0) is 17.6. The monoisotopic (exact) mass is 312 g/mol. The van der Waals surface area contributed by atoms with Crippen LogP contribution in [0.25, 0.3) is 0 Å². The highest BCUT2D eigenvalue weighted by Crippen LogP contribution is 2.28. The maximum Gasteiger partial charge on any atom is 0.319 e. The summed E-state index contributed by atoms with van der Waals surface area (Å²) < 4.78 is 5.33. The van der Waals surface area contributed by atoms with Crippen LogP contribution in [0.2, 0.25) is 0 Å². The summed E-state index contributed by atoms with van der Waals surface area (Å²) in [5.41, 5.74) is -1.23. The molecular formula is C16H28N2O4. The molecule has 22 heavy (non-hydrogen) atoms. The van der Waals surface area contributed by atoms with Crippen molar-refractivity contribution in [2.75, 3.05) is 13.1 Å². The Morgan fingerprint density at radius 3 is 1.95 bits per heavy atom. The van der Waals surface area contributed by atoms with Crippen LogP contribution in [0.4, 0.5) is 0 Å². The molecule has 0 spiro atoms. The number of amides is 2. The largest absolute Gasteiger partial charge is 0.459 e. The molecule has 0 aliphatic rings. The van der Waals surface area contributed by atoms with Crippen molar-refractivity contribution in [2.45, 2.75) is 47.1 Å². The van der Waals surface area contributed by atoms with Crippen molar-refractivity contribution in [3.8, 4) is 0 Å². The first-order valence-corrected chi connectivity index (χ1v) is 7.29. The van der Waals surface area contributed by atoms with E-state index in [1.807, 2.05) is 0 Å². The van der Waals surface area contributed by atoms with E-state index in [1.165, 1.54) is 0 Å². The fourth-order valence-electron chi connectivity index (χ4n) is 1.76. The molecule has 0 bridgehead atoms. The number of ether oxygens (including phenoxy) is 1. The Kier molecular flexibility index (Phi) is 7.29. The van der Waals surface area contributed by atoms with Gasteiger partial charge < -0.3 is 15.4 Å². The second-order valence-corrected chi connectivity index (χ2v) is 7.12. The van der Waals surface area contributed by atoms with Gasteiger partial charge in [-0.15, -0.1) is 0 Å². The van der Waals surface area contributed by atoms with E-state index in [2.05, 4.69) is 17.2 Å². The predicted molar refractivity (Wildman–Crippen MR) is 85.0 cm³/mol. The van der Waals surface area contributed by atoms with Crippen molar-refractivity contribution in [1.82, 2.24) is 10.6 Å². The van der Waals surface area contributed by atoms with Gasteiger partial charge in [-0.3, -0.25) is 14.4 Å². The zero-order valence-electron chi connectivity index (χ0n) is 14.4. The van der Waals surface area contributed by atoms with E-state index in [0.29, 0.717) is 0 Å². The van der Waals surface area contributed by atoms with E-state index in [-0.39, 0.29) is 19.0 Å². The van der Waals surface area contributed by atoms with Gasteiger partial charge in [0.1, 0.15) is 11.5 Å². The summed E-state index contributed by atoms with van der Waals surface area (Å²) in [6.07, 6.45) is 1.15. The minimum atomic E-state index is -0.915. The maximum absolute atomic E-state index is 12.3. The van der Waals surface area contributed by atoms with E-state index in [1.54, 1.807) is 41.5 Å². The summed E-state index contributed by atoms with van der Waals surface area (Å²) in [6.45, 7) is 14.5. The van der Waals surface area contributed by atoms with Crippen LogP contribution in [-0.2, 0) is 19.1 Å². The summed E-state index contributed by atoms with van der Waals surface area (Å²) in [7, 11) is 0. The number of esters is 1. The van der Waals surface area contributed by atoms with Gasteiger partial charge in [-0.05, 0) is 32.3 Å². The fourth-order valence-corrected chi connectivity index (χ4v) is 1.76. The van der Waals surface area contributed by atoms with E-state index in [9.17, 15) is 14.4 Å². The van der Waals surface area contributed by atoms with Crippen molar-refractivity contribution in [1.29, 1.82) is 0 Å². The lowest BCUT2D eigenvalue weighted by Crippen LogP contribution is -2.46. The summed E-state index contributed by atoms with van der Waals surface area (Å²) >= 11 is 0. The van der Waals surface area contributed by atoms with Gasteiger partial charge in [0.15, 0.2) is 0 Å². The highest BCUT2D eigenvalue weighted by Gasteiger charge is 2.40. The standard InChI is InChI=1S/C16H28N2O4/c1-8-11(19)17-9-10-18-13(20)12(15(2,3)4)14(21)22-16(5,6)7/h8,12H,1,9-10H2,2-7H3,(H,17,19)(H,18,20). The van der Waals surface area contributed by atoms with E-state index in [4.69, 9.17) is 4.74 Å². The number of hydrogen-bond donors (Lipinski definition) is 2. The summed E-state index contributed by atoms with van der Waals surface area (Å²) in [5.74, 6) is -2.18. The van der Waals surface area contributed by atoms with Gasteiger partial charge in [0.25, 0.3) is 0 Å². The molecule has 6 heteroatoms. The molecular weight excluding hydrogens is 284 g/mol. The molecule has 0 aromatic carbocycles. The van der Waals surface area contributed by atoms with Gasteiger partial charge in [-0.1, -0.05) is 27.4 Å². The third-order valence-electron chi connectivity index (χ3n) is 2.68. The normalized spacial score (nSPS) is 13.0. The molecule has 1 atom stereocenters. The van der Waals surface area contributed by atoms with Gasteiger partial charge in [0.2, 0.25) is 11.8 Å². The first-order chi connectivity index (χ1) is 9.88. The van der Waals surface area contributed by atoms with Gasteiger partial charge in [-0.2, -0.15) is 0 Å². The molecule has 2 amide bonds. The zero-order valence-corrected chi connectivity index (χ0v) is 14.4. The molecule has 0 radical (unpaired) electrons. The van der Waals surface area contributed by atoms with Crippen LogP contribution in [0.15, 0.2) is 12.7 Å². The molecule has 126 valence electrons. The molecule has 1 unspecified atom stereocenters. The third kappa shape index (κ3) is 7.81. The first-order valence-electron chi connectivity index (χ1n) is 7.29. The van der Waals surface area contributed by atoms with E-state index >= 15 is 0 Å². The Hall–Kier alpha value is -1.85. The van der Waals surface area contributed by atoms with Crippen molar-refractivity contribution < 1.29 is 19.1 Å². The molecule has 6 nitrogen and oxygen atoms in total. The van der Waals surface area contributed by atoms with Crippen LogP contribution in [-0.4, -0.2) is 36.5 Å².